The molecule has 0 aliphatic carbocycles. The van der Waals surface area contributed by atoms with Crippen LogP contribution in [0, 0.1) is 13.8 Å². The molecule has 2 heterocycles. The van der Waals surface area contributed by atoms with E-state index in [2.05, 4.69) is 0 Å². The van der Waals surface area contributed by atoms with Crippen molar-refractivity contribution in [3.05, 3.63) is 63.9 Å². The van der Waals surface area contributed by atoms with Crippen molar-refractivity contribution < 1.29 is 4.74 Å². The fourth-order valence-corrected chi connectivity index (χ4v) is 4.74. The van der Waals surface area contributed by atoms with Gasteiger partial charge in [0.15, 0.2) is 5.16 Å². The van der Waals surface area contributed by atoms with E-state index in [9.17, 15) is 4.79 Å². The van der Waals surface area contributed by atoms with Crippen LogP contribution >= 0.6 is 11.8 Å². The number of ether oxygens (including phenoxy) is 1. The Morgan fingerprint density at radius 2 is 1.89 bits per heavy atom. The first-order valence-corrected chi connectivity index (χ1v) is 10.5. The molecule has 140 valence electrons. The average Bonchev–Trinajstić information content (AvgIpc) is 2.69. The third-order valence-electron chi connectivity index (χ3n) is 5.08. The number of aromatic nitrogens is 2. The number of hydrogen-bond donors (Lipinski definition) is 0. The molecule has 1 fully saturated rings. The topological polar surface area (TPSA) is 44.1 Å². The quantitative estimate of drug-likeness (QED) is 0.488. The predicted octanol–water partition coefficient (Wildman–Crippen LogP) is 4.66. The van der Waals surface area contributed by atoms with Gasteiger partial charge in [-0.25, -0.2) is 4.98 Å². The molecule has 1 aliphatic heterocycles. The van der Waals surface area contributed by atoms with Crippen LogP contribution in [0.5, 0.6) is 0 Å². The molecule has 0 N–H and O–H groups in total. The van der Waals surface area contributed by atoms with Crippen LogP contribution in [0.25, 0.3) is 16.6 Å². The molecule has 0 spiro atoms. The highest BCUT2D eigenvalue weighted by Gasteiger charge is 2.19. The first-order valence-electron chi connectivity index (χ1n) is 9.48. The van der Waals surface area contributed by atoms with Crippen LogP contribution in [0.4, 0.5) is 0 Å². The highest BCUT2D eigenvalue weighted by atomic mass is 32.2. The van der Waals surface area contributed by atoms with Crippen LogP contribution in [-0.2, 0) is 4.74 Å². The van der Waals surface area contributed by atoms with E-state index in [1.165, 1.54) is 6.42 Å². The minimum atomic E-state index is -0.00920. The van der Waals surface area contributed by atoms with Gasteiger partial charge < -0.3 is 4.74 Å². The molecule has 0 bridgehead atoms. The monoisotopic (exact) mass is 380 g/mol. The first-order chi connectivity index (χ1) is 13.1. The summed E-state index contributed by atoms with van der Waals surface area (Å²) in [5, 5.41) is 1.39. The molecule has 5 heteroatoms. The lowest BCUT2D eigenvalue weighted by Crippen LogP contribution is -2.25. The SMILES string of the molecule is Cc1cccc(C)c1-n1c(SC[C@@H]2CCCCO2)nc2ccccc2c1=O. The summed E-state index contributed by atoms with van der Waals surface area (Å²) in [5.74, 6) is 0.815. The fraction of sp³-hybridized carbons (Fsp3) is 0.364. The van der Waals surface area contributed by atoms with Crippen LogP contribution in [-0.4, -0.2) is 28.0 Å². The van der Waals surface area contributed by atoms with E-state index < -0.39 is 0 Å². The van der Waals surface area contributed by atoms with Crippen LogP contribution < -0.4 is 5.56 Å². The van der Waals surface area contributed by atoms with Crippen molar-refractivity contribution in [2.75, 3.05) is 12.4 Å². The molecule has 4 rings (SSSR count). The number of hydrogen-bond acceptors (Lipinski definition) is 4. The maximum atomic E-state index is 13.4. The molecular weight excluding hydrogens is 356 g/mol. The zero-order chi connectivity index (χ0) is 18.8. The summed E-state index contributed by atoms with van der Waals surface area (Å²) in [7, 11) is 0. The molecule has 0 amide bonds. The van der Waals surface area contributed by atoms with Crippen LogP contribution in [0.15, 0.2) is 52.4 Å². The molecule has 3 aromatic rings. The summed E-state index contributed by atoms with van der Waals surface area (Å²) in [4.78, 5) is 18.2. The summed E-state index contributed by atoms with van der Waals surface area (Å²) in [5.41, 5.74) is 3.82. The molecule has 4 nitrogen and oxygen atoms in total. The van der Waals surface area contributed by atoms with Crippen LogP contribution in [0.1, 0.15) is 30.4 Å². The number of thioether (sulfide) groups is 1. The van der Waals surface area contributed by atoms with E-state index in [-0.39, 0.29) is 11.7 Å². The Morgan fingerprint density at radius 3 is 2.63 bits per heavy atom. The van der Waals surface area contributed by atoms with Crippen LogP contribution in [0.2, 0.25) is 0 Å². The van der Waals surface area contributed by atoms with E-state index >= 15 is 0 Å². The van der Waals surface area contributed by atoms with Crippen molar-refractivity contribution in [1.82, 2.24) is 9.55 Å². The molecule has 0 radical (unpaired) electrons. The second kappa shape index (κ2) is 7.87. The maximum Gasteiger partial charge on any atom is 0.266 e. The average molecular weight is 381 g/mol. The Balaban J connectivity index is 1.84. The second-order valence-corrected chi connectivity index (χ2v) is 8.08. The Hall–Kier alpha value is -2.11. The summed E-state index contributed by atoms with van der Waals surface area (Å²) < 4.78 is 7.67. The Morgan fingerprint density at radius 1 is 1.11 bits per heavy atom. The molecular formula is C22H24N2O2S. The molecule has 1 aromatic heterocycles. The minimum Gasteiger partial charge on any atom is -0.377 e. The Kier molecular flexibility index (Phi) is 5.32. The number of rotatable bonds is 4. The Bertz CT molecular complexity index is 1000. The maximum absolute atomic E-state index is 13.4. The second-order valence-electron chi connectivity index (χ2n) is 7.09. The first kappa shape index (κ1) is 18.3. The van der Waals surface area contributed by atoms with Crippen molar-refractivity contribution in [2.24, 2.45) is 0 Å². The van der Waals surface area contributed by atoms with Gasteiger partial charge in [0.25, 0.3) is 5.56 Å². The minimum absolute atomic E-state index is 0.00920. The van der Waals surface area contributed by atoms with Gasteiger partial charge in [0.1, 0.15) is 0 Å². The lowest BCUT2D eigenvalue weighted by molar-refractivity contribution is 0.0315. The van der Waals surface area contributed by atoms with Gasteiger partial charge in [-0.05, 0) is 56.4 Å². The van der Waals surface area contributed by atoms with Crippen LogP contribution in [0.3, 0.4) is 0 Å². The highest BCUT2D eigenvalue weighted by molar-refractivity contribution is 7.99. The van der Waals surface area contributed by atoms with Crippen molar-refractivity contribution >= 4 is 22.7 Å². The summed E-state index contributed by atoms with van der Waals surface area (Å²) in [6.45, 7) is 4.92. The summed E-state index contributed by atoms with van der Waals surface area (Å²) in [6, 6.07) is 13.7. The van der Waals surface area contributed by atoms with Crippen molar-refractivity contribution in [2.45, 2.75) is 44.4 Å². The molecule has 0 unspecified atom stereocenters. The third kappa shape index (κ3) is 3.66. The number of nitrogens with zero attached hydrogens (tertiary/aromatic N) is 2. The molecule has 27 heavy (non-hydrogen) atoms. The zero-order valence-corrected chi connectivity index (χ0v) is 16.6. The number of para-hydroxylation sites is 2. The van der Waals surface area contributed by atoms with Crippen molar-refractivity contribution in [1.29, 1.82) is 0 Å². The predicted molar refractivity (Wildman–Crippen MR) is 111 cm³/mol. The molecule has 1 saturated heterocycles. The van der Waals surface area contributed by atoms with E-state index in [1.54, 1.807) is 16.3 Å². The molecule has 0 saturated carbocycles. The molecule has 1 aliphatic rings. The van der Waals surface area contributed by atoms with E-state index in [0.717, 1.165) is 52.7 Å². The lowest BCUT2D eigenvalue weighted by atomic mass is 10.1. The summed E-state index contributed by atoms with van der Waals surface area (Å²) >= 11 is 1.62. The molecule has 2 aromatic carbocycles. The smallest absolute Gasteiger partial charge is 0.266 e. The normalized spacial score (nSPS) is 17.3. The summed E-state index contributed by atoms with van der Waals surface area (Å²) in [6.07, 6.45) is 3.66. The van der Waals surface area contributed by atoms with Gasteiger partial charge in [-0.15, -0.1) is 0 Å². The van der Waals surface area contributed by atoms with Gasteiger partial charge in [0, 0.05) is 12.4 Å². The Labute approximate surface area is 163 Å². The highest BCUT2D eigenvalue weighted by Crippen LogP contribution is 2.27. The lowest BCUT2D eigenvalue weighted by Gasteiger charge is -2.23. The van der Waals surface area contributed by atoms with Gasteiger partial charge >= 0.3 is 0 Å². The van der Waals surface area contributed by atoms with Gasteiger partial charge in [-0.2, -0.15) is 0 Å². The zero-order valence-electron chi connectivity index (χ0n) is 15.8. The van der Waals surface area contributed by atoms with Crippen molar-refractivity contribution in [3.63, 3.8) is 0 Å². The number of aryl methyl sites for hydroxylation is 2. The van der Waals surface area contributed by atoms with E-state index in [1.807, 2.05) is 56.3 Å². The number of fused-ring (bicyclic) bond motifs is 1. The van der Waals surface area contributed by atoms with E-state index in [4.69, 9.17) is 9.72 Å². The number of benzene rings is 2. The van der Waals surface area contributed by atoms with Gasteiger partial charge in [0.2, 0.25) is 0 Å². The largest absolute Gasteiger partial charge is 0.377 e. The third-order valence-corrected chi connectivity index (χ3v) is 6.15. The van der Waals surface area contributed by atoms with Gasteiger partial charge in [0.05, 0.1) is 22.7 Å². The van der Waals surface area contributed by atoms with E-state index in [0.29, 0.717) is 5.39 Å². The molecule has 1 atom stereocenters. The fourth-order valence-electron chi connectivity index (χ4n) is 3.67. The van der Waals surface area contributed by atoms with Gasteiger partial charge in [-0.3, -0.25) is 9.36 Å². The van der Waals surface area contributed by atoms with Crippen molar-refractivity contribution in [3.8, 4) is 5.69 Å². The van der Waals surface area contributed by atoms with Gasteiger partial charge in [-0.1, -0.05) is 42.1 Å². The standard InChI is InChI=1S/C22H24N2O2S/c1-15-8-7-9-16(2)20(15)24-21(25)18-11-3-4-12-19(18)23-22(24)27-14-17-10-5-6-13-26-17/h3-4,7-9,11-12,17H,5-6,10,13-14H2,1-2H3/t17-/m0/s1.